The molecule has 1 amide bonds. The van der Waals surface area contributed by atoms with Crippen molar-refractivity contribution in [1.29, 1.82) is 0 Å². The Morgan fingerprint density at radius 1 is 1.05 bits per heavy atom. The Bertz CT molecular complexity index is 1310. The van der Waals surface area contributed by atoms with Gasteiger partial charge in [-0.15, -0.1) is 0 Å². The maximum atomic E-state index is 13.7. The fourth-order valence-corrected chi connectivity index (χ4v) is 5.14. The summed E-state index contributed by atoms with van der Waals surface area (Å²) in [6, 6.07) is 10.8. The monoisotopic (exact) mass is 552 g/mol. The highest BCUT2D eigenvalue weighted by molar-refractivity contribution is 7.53. The number of carbonyl (C=O) groups is 1. The lowest BCUT2D eigenvalue weighted by Crippen LogP contribution is -2.20. The normalized spacial score (nSPS) is 11.7. The third-order valence-electron chi connectivity index (χ3n) is 5.10. The fraction of sp³-hybridized carbons (Fsp3) is 0.292. The molecule has 0 spiro atoms. The molecule has 38 heavy (non-hydrogen) atoms. The molecule has 0 saturated carbocycles. The number of carbonyl (C=O) groups excluding carboxylic acids is 1. The molecule has 1 aromatic heterocycles. The molecule has 14 heteroatoms. The Kier molecular flexibility index (Phi) is 9.31. The molecule has 3 rings (SSSR count). The van der Waals surface area contributed by atoms with Gasteiger partial charge in [0.15, 0.2) is 0 Å². The number of anilines is 5. The molecular weight excluding hydrogens is 524 g/mol. The van der Waals surface area contributed by atoms with Gasteiger partial charge >= 0.3 is 13.8 Å². The average Bonchev–Trinajstić information content (AvgIpc) is 2.85. The summed E-state index contributed by atoms with van der Waals surface area (Å²) in [6.45, 7) is 3.91. The molecule has 1 heterocycles. The van der Waals surface area contributed by atoms with Gasteiger partial charge in [-0.3, -0.25) is 9.36 Å². The first-order valence-electron chi connectivity index (χ1n) is 11.5. The third-order valence-corrected chi connectivity index (χ3v) is 7.16. The van der Waals surface area contributed by atoms with E-state index in [-0.39, 0.29) is 42.3 Å². The van der Waals surface area contributed by atoms with Crippen molar-refractivity contribution >= 4 is 42.3 Å². The van der Waals surface area contributed by atoms with E-state index in [0.717, 1.165) is 0 Å². The maximum Gasteiger partial charge on any atom is 0.421 e. The quantitative estimate of drug-likeness (QED) is 0.174. The molecule has 0 aliphatic carbocycles. The van der Waals surface area contributed by atoms with Crippen molar-refractivity contribution in [3.8, 4) is 0 Å². The topological polar surface area (TPSA) is 140 Å². The van der Waals surface area contributed by atoms with Crippen molar-refractivity contribution in [2.45, 2.75) is 26.2 Å². The Morgan fingerprint density at radius 2 is 1.71 bits per heavy atom. The lowest BCUT2D eigenvalue weighted by Gasteiger charge is -2.17. The highest BCUT2D eigenvalue weighted by Gasteiger charge is 2.35. The van der Waals surface area contributed by atoms with Gasteiger partial charge in [-0.1, -0.05) is 12.1 Å². The number of nitrogen functional groups attached to an aromatic ring is 1. The average molecular weight is 552 g/mol. The summed E-state index contributed by atoms with van der Waals surface area (Å²) < 4.78 is 64.5. The third kappa shape index (κ3) is 7.44. The van der Waals surface area contributed by atoms with Crippen LogP contribution in [0.2, 0.25) is 0 Å². The maximum absolute atomic E-state index is 13.7. The Labute approximate surface area is 217 Å². The van der Waals surface area contributed by atoms with Crippen LogP contribution in [0.25, 0.3) is 0 Å². The van der Waals surface area contributed by atoms with E-state index in [2.05, 4.69) is 25.9 Å². The lowest BCUT2D eigenvalue weighted by atomic mass is 10.1. The van der Waals surface area contributed by atoms with Gasteiger partial charge in [0.1, 0.15) is 11.4 Å². The van der Waals surface area contributed by atoms with Crippen LogP contribution in [0.3, 0.4) is 0 Å². The molecule has 0 atom stereocenters. The van der Waals surface area contributed by atoms with E-state index in [4.69, 9.17) is 14.8 Å². The Morgan fingerprint density at radius 3 is 2.29 bits per heavy atom. The van der Waals surface area contributed by atoms with E-state index in [0.29, 0.717) is 17.4 Å². The van der Waals surface area contributed by atoms with Gasteiger partial charge in [-0.05, 0) is 49.7 Å². The molecule has 0 bridgehead atoms. The van der Waals surface area contributed by atoms with Crippen LogP contribution in [0.15, 0.2) is 48.7 Å². The smallest absolute Gasteiger partial charge is 0.399 e. The number of hydrogen-bond acceptors (Lipinski definition) is 9. The van der Waals surface area contributed by atoms with E-state index < -0.39 is 31.1 Å². The lowest BCUT2D eigenvalue weighted by molar-refractivity contribution is -0.137. The minimum Gasteiger partial charge on any atom is -0.399 e. The number of benzene rings is 2. The molecule has 10 nitrogen and oxygen atoms in total. The first kappa shape index (κ1) is 28.9. The summed E-state index contributed by atoms with van der Waals surface area (Å²) >= 11 is 0. The molecule has 0 fully saturated rings. The summed E-state index contributed by atoms with van der Waals surface area (Å²) in [4.78, 5) is 20.0. The number of hydrogen-bond donors (Lipinski definition) is 4. The van der Waals surface area contributed by atoms with Gasteiger partial charge in [-0.25, -0.2) is 4.98 Å². The van der Waals surface area contributed by atoms with Gasteiger partial charge in [0.05, 0.1) is 30.6 Å². The number of halogens is 3. The summed E-state index contributed by atoms with van der Waals surface area (Å²) in [5, 5.41) is 7.86. The SMILES string of the molecule is CCOP(=O)(Cc1ccc(Nc2ncc(C(F)(F)F)c(Nc3ccc(N)cc3C(=O)NC)n2)cc1)OCC. The van der Waals surface area contributed by atoms with E-state index in [1.807, 2.05) is 0 Å². The predicted octanol–water partition coefficient (Wildman–Crippen LogP) is 5.69. The van der Waals surface area contributed by atoms with Gasteiger partial charge in [0.25, 0.3) is 5.91 Å². The van der Waals surface area contributed by atoms with Crippen LogP contribution in [-0.2, 0) is 26.0 Å². The van der Waals surface area contributed by atoms with E-state index in [1.54, 1.807) is 38.1 Å². The van der Waals surface area contributed by atoms with Crippen molar-refractivity contribution in [3.05, 3.63) is 65.4 Å². The number of rotatable bonds is 11. The number of nitrogens with zero attached hydrogens (tertiary/aromatic N) is 2. The zero-order valence-corrected chi connectivity index (χ0v) is 21.8. The van der Waals surface area contributed by atoms with Crippen molar-refractivity contribution < 1.29 is 31.6 Å². The Balaban J connectivity index is 1.88. The second-order valence-electron chi connectivity index (χ2n) is 7.89. The van der Waals surface area contributed by atoms with Crippen LogP contribution in [-0.4, -0.2) is 36.1 Å². The number of nitrogens with one attached hydrogen (secondary N) is 3. The zero-order chi connectivity index (χ0) is 27.9. The van der Waals surface area contributed by atoms with Crippen LogP contribution < -0.4 is 21.7 Å². The zero-order valence-electron chi connectivity index (χ0n) is 20.9. The standard InChI is InChI=1S/C24H28F3N6O4P/c1-4-36-38(35,37-5-2)14-15-6-9-17(10-7-15)31-23-30-13-19(24(25,26)27)21(33-23)32-20-11-8-16(28)12-18(20)22(34)29-3/h6-13H,4-5,14,28H2,1-3H3,(H,29,34)(H2,30,31,32,33). The minimum absolute atomic E-state index is 0.0423. The van der Waals surface area contributed by atoms with E-state index in [9.17, 15) is 22.5 Å². The molecule has 0 unspecified atom stereocenters. The second-order valence-corrected chi connectivity index (χ2v) is 9.94. The van der Waals surface area contributed by atoms with Gasteiger partial charge in [0.2, 0.25) is 5.95 Å². The summed E-state index contributed by atoms with van der Waals surface area (Å²) in [6.07, 6.45) is -4.06. The minimum atomic E-state index is -4.77. The van der Waals surface area contributed by atoms with E-state index in [1.165, 1.54) is 25.2 Å². The van der Waals surface area contributed by atoms with Crippen LogP contribution in [0.1, 0.15) is 35.3 Å². The summed E-state index contributed by atoms with van der Waals surface area (Å²) in [5.74, 6) is -1.23. The van der Waals surface area contributed by atoms with Crippen molar-refractivity contribution in [2.75, 3.05) is 36.6 Å². The van der Waals surface area contributed by atoms with Gasteiger partial charge in [0, 0.05) is 24.6 Å². The van der Waals surface area contributed by atoms with E-state index >= 15 is 0 Å². The summed E-state index contributed by atoms with van der Waals surface area (Å²) in [7, 11) is -1.91. The number of nitrogens with two attached hydrogens (primary N) is 1. The van der Waals surface area contributed by atoms with Crippen molar-refractivity contribution in [1.82, 2.24) is 15.3 Å². The fourth-order valence-electron chi connectivity index (χ4n) is 3.43. The molecule has 0 radical (unpaired) electrons. The van der Waals surface area contributed by atoms with Crippen LogP contribution in [0.4, 0.5) is 42.0 Å². The molecule has 0 aliphatic rings. The van der Waals surface area contributed by atoms with Crippen LogP contribution in [0.5, 0.6) is 0 Å². The van der Waals surface area contributed by atoms with Crippen molar-refractivity contribution in [3.63, 3.8) is 0 Å². The number of alkyl halides is 3. The van der Waals surface area contributed by atoms with Crippen LogP contribution >= 0.6 is 7.60 Å². The molecule has 0 saturated heterocycles. The first-order chi connectivity index (χ1) is 18.0. The molecule has 3 aromatic rings. The predicted molar refractivity (Wildman–Crippen MR) is 139 cm³/mol. The number of amides is 1. The molecular formula is C24H28F3N6O4P. The number of aromatic nitrogens is 2. The first-order valence-corrected chi connectivity index (χ1v) is 13.3. The largest absolute Gasteiger partial charge is 0.421 e. The summed E-state index contributed by atoms with van der Waals surface area (Å²) in [5.41, 5.74) is 6.15. The molecule has 204 valence electrons. The van der Waals surface area contributed by atoms with Crippen LogP contribution in [0, 0.1) is 0 Å². The van der Waals surface area contributed by atoms with Gasteiger partial charge in [-0.2, -0.15) is 18.2 Å². The second kappa shape index (κ2) is 12.2. The Hall–Kier alpha value is -3.67. The highest BCUT2D eigenvalue weighted by Crippen LogP contribution is 2.51. The molecule has 5 N–H and O–H groups in total. The molecule has 0 aliphatic heterocycles. The highest BCUT2D eigenvalue weighted by atomic mass is 31.2. The van der Waals surface area contributed by atoms with Crippen molar-refractivity contribution in [2.24, 2.45) is 0 Å². The molecule has 2 aromatic carbocycles. The van der Waals surface area contributed by atoms with Gasteiger partial charge < -0.3 is 30.7 Å².